The quantitative estimate of drug-likeness (QED) is 0.842. The molecule has 0 aliphatic heterocycles. The van der Waals surface area contributed by atoms with Crippen molar-refractivity contribution in [2.24, 2.45) is 5.73 Å². The summed E-state index contributed by atoms with van der Waals surface area (Å²) in [5.74, 6) is -0.538. The fraction of sp³-hybridized carbons (Fsp3) is 0.462. The zero-order valence-electron chi connectivity index (χ0n) is 11.0. The van der Waals surface area contributed by atoms with Crippen LogP contribution in [-0.2, 0) is 11.2 Å². The maximum Gasteiger partial charge on any atom is 0.573 e. The lowest BCUT2D eigenvalue weighted by Crippen LogP contribution is -2.37. The van der Waals surface area contributed by atoms with Gasteiger partial charge in [-0.3, -0.25) is 4.79 Å². The number of hydrogen-bond acceptors (Lipinski definition) is 3. The molecule has 1 rings (SSSR count). The predicted octanol–water partition coefficient (Wildman–Crippen LogP) is 1.98. The second-order valence-electron chi connectivity index (χ2n) is 4.36. The Morgan fingerprint density at radius 3 is 2.65 bits per heavy atom. The Morgan fingerprint density at radius 1 is 1.40 bits per heavy atom. The van der Waals surface area contributed by atoms with Gasteiger partial charge in [-0.05, 0) is 25.0 Å². The van der Waals surface area contributed by atoms with Crippen LogP contribution in [0.5, 0.6) is 5.75 Å². The van der Waals surface area contributed by atoms with Crippen molar-refractivity contribution >= 4 is 5.91 Å². The number of nitrogens with one attached hydrogen (secondary N) is 1. The van der Waals surface area contributed by atoms with E-state index in [1.807, 2.05) is 0 Å². The van der Waals surface area contributed by atoms with Crippen molar-refractivity contribution < 1.29 is 22.7 Å². The minimum atomic E-state index is -4.74. The molecule has 4 nitrogen and oxygen atoms in total. The Hall–Kier alpha value is -1.76. The van der Waals surface area contributed by atoms with E-state index in [1.54, 1.807) is 13.0 Å². The van der Waals surface area contributed by atoms with Crippen molar-refractivity contribution in [3.63, 3.8) is 0 Å². The Kier molecular flexibility index (Phi) is 5.82. The van der Waals surface area contributed by atoms with E-state index in [2.05, 4.69) is 10.1 Å². The number of benzene rings is 1. The monoisotopic (exact) mass is 290 g/mol. The van der Waals surface area contributed by atoms with Crippen molar-refractivity contribution in [1.82, 2.24) is 5.32 Å². The van der Waals surface area contributed by atoms with Crippen molar-refractivity contribution in [2.45, 2.75) is 32.2 Å². The first-order chi connectivity index (χ1) is 9.31. The molecule has 112 valence electrons. The smallest absolute Gasteiger partial charge is 0.406 e. The highest BCUT2D eigenvalue weighted by atomic mass is 19.4. The average molecular weight is 290 g/mol. The van der Waals surface area contributed by atoms with Crippen LogP contribution in [0.15, 0.2) is 24.3 Å². The number of para-hydroxylation sites is 1. The van der Waals surface area contributed by atoms with Crippen LogP contribution in [0.4, 0.5) is 13.2 Å². The fourth-order valence-corrected chi connectivity index (χ4v) is 1.59. The number of carbonyl (C=O) groups excluding carboxylic acids is 1. The largest absolute Gasteiger partial charge is 0.573 e. The van der Waals surface area contributed by atoms with Gasteiger partial charge in [0.2, 0.25) is 5.91 Å². The van der Waals surface area contributed by atoms with Crippen molar-refractivity contribution in [2.75, 3.05) is 6.54 Å². The van der Waals surface area contributed by atoms with E-state index < -0.39 is 6.36 Å². The molecule has 1 atom stereocenters. The molecule has 0 heterocycles. The van der Waals surface area contributed by atoms with Crippen molar-refractivity contribution in [3.05, 3.63) is 29.8 Å². The molecule has 7 heteroatoms. The maximum absolute atomic E-state index is 12.2. The number of rotatable bonds is 6. The summed E-state index contributed by atoms with van der Waals surface area (Å²) in [5.41, 5.74) is 5.70. The van der Waals surface area contributed by atoms with Crippen molar-refractivity contribution in [3.8, 4) is 5.75 Å². The van der Waals surface area contributed by atoms with Crippen LogP contribution < -0.4 is 15.8 Å². The molecule has 1 aromatic carbocycles. The van der Waals surface area contributed by atoms with Gasteiger partial charge in [0.15, 0.2) is 0 Å². The van der Waals surface area contributed by atoms with Crippen LogP contribution in [0.3, 0.4) is 0 Å². The molecule has 0 aliphatic rings. The van der Waals surface area contributed by atoms with Crippen LogP contribution in [0, 0.1) is 0 Å². The molecule has 3 N–H and O–H groups in total. The molecule has 20 heavy (non-hydrogen) atoms. The summed E-state index contributed by atoms with van der Waals surface area (Å²) in [6, 6.07) is 5.61. The summed E-state index contributed by atoms with van der Waals surface area (Å²) >= 11 is 0. The van der Waals surface area contributed by atoms with Gasteiger partial charge in [-0.1, -0.05) is 18.2 Å². The molecule has 0 saturated heterocycles. The Labute approximate surface area is 115 Å². The lowest BCUT2D eigenvalue weighted by atomic mass is 10.1. The summed E-state index contributed by atoms with van der Waals surface area (Å²) in [6.07, 6.45) is -4.51. The van der Waals surface area contributed by atoms with Crippen LogP contribution >= 0.6 is 0 Å². The number of hydrogen-bond donors (Lipinski definition) is 2. The van der Waals surface area contributed by atoms with Gasteiger partial charge in [-0.25, -0.2) is 0 Å². The summed E-state index contributed by atoms with van der Waals surface area (Å²) in [6.45, 7) is 2.05. The van der Waals surface area contributed by atoms with E-state index in [0.29, 0.717) is 12.1 Å². The number of halogens is 3. The van der Waals surface area contributed by atoms with Gasteiger partial charge in [0.1, 0.15) is 5.75 Å². The van der Waals surface area contributed by atoms with Gasteiger partial charge in [0.05, 0.1) is 0 Å². The van der Waals surface area contributed by atoms with E-state index in [4.69, 9.17) is 5.73 Å². The molecule has 0 saturated carbocycles. The van der Waals surface area contributed by atoms with E-state index in [0.717, 1.165) is 0 Å². The molecular formula is C13H17F3N2O2. The minimum absolute atomic E-state index is 0.0720. The molecule has 0 aliphatic carbocycles. The van der Waals surface area contributed by atoms with E-state index in [1.165, 1.54) is 18.2 Å². The van der Waals surface area contributed by atoms with Crippen LogP contribution in [0.2, 0.25) is 0 Å². The lowest BCUT2D eigenvalue weighted by Gasteiger charge is -2.14. The third kappa shape index (κ3) is 5.92. The molecule has 0 aromatic heterocycles. The molecule has 1 aromatic rings. The van der Waals surface area contributed by atoms with Gasteiger partial charge in [-0.2, -0.15) is 0 Å². The lowest BCUT2D eigenvalue weighted by molar-refractivity contribution is -0.274. The minimum Gasteiger partial charge on any atom is -0.406 e. The van der Waals surface area contributed by atoms with E-state index in [-0.39, 0.29) is 30.5 Å². The van der Waals surface area contributed by atoms with E-state index in [9.17, 15) is 18.0 Å². The van der Waals surface area contributed by atoms with Crippen LogP contribution in [0.1, 0.15) is 18.9 Å². The first-order valence-corrected chi connectivity index (χ1v) is 6.15. The zero-order valence-corrected chi connectivity index (χ0v) is 11.0. The normalized spacial score (nSPS) is 12.8. The van der Waals surface area contributed by atoms with Crippen LogP contribution in [-0.4, -0.2) is 24.9 Å². The molecule has 1 amide bonds. The SMILES string of the molecule is C[C@@H](CN)NC(=O)CCc1ccccc1OC(F)(F)F. The second-order valence-corrected chi connectivity index (χ2v) is 4.36. The molecule has 0 fully saturated rings. The predicted molar refractivity (Wildman–Crippen MR) is 68.1 cm³/mol. The summed E-state index contributed by atoms with van der Waals surface area (Å²) in [5, 5.41) is 2.64. The number of carbonyl (C=O) groups is 1. The average Bonchev–Trinajstić information content (AvgIpc) is 2.35. The molecular weight excluding hydrogens is 273 g/mol. The number of aryl methyl sites for hydroxylation is 1. The highest BCUT2D eigenvalue weighted by molar-refractivity contribution is 5.76. The Bertz CT molecular complexity index is 449. The fourth-order valence-electron chi connectivity index (χ4n) is 1.59. The number of ether oxygens (including phenoxy) is 1. The maximum atomic E-state index is 12.2. The first-order valence-electron chi connectivity index (χ1n) is 6.15. The highest BCUT2D eigenvalue weighted by Gasteiger charge is 2.31. The molecule has 0 spiro atoms. The second kappa shape index (κ2) is 7.14. The van der Waals surface area contributed by atoms with Gasteiger partial charge in [0, 0.05) is 19.0 Å². The Balaban J connectivity index is 2.62. The Morgan fingerprint density at radius 2 is 2.05 bits per heavy atom. The topological polar surface area (TPSA) is 64.3 Å². The van der Waals surface area contributed by atoms with Crippen LogP contribution in [0.25, 0.3) is 0 Å². The summed E-state index contributed by atoms with van der Waals surface area (Å²) < 4.78 is 40.6. The zero-order chi connectivity index (χ0) is 15.2. The highest BCUT2D eigenvalue weighted by Crippen LogP contribution is 2.26. The number of amides is 1. The van der Waals surface area contributed by atoms with E-state index >= 15 is 0 Å². The van der Waals surface area contributed by atoms with Gasteiger partial charge >= 0.3 is 6.36 Å². The number of nitrogens with two attached hydrogens (primary N) is 1. The van der Waals surface area contributed by atoms with Crippen molar-refractivity contribution in [1.29, 1.82) is 0 Å². The van der Waals surface area contributed by atoms with Gasteiger partial charge in [0.25, 0.3) is 0 Å². The molecule has 0 bridgehead atoms. The third-order valence-corrected chi connectivity index (χ3v) is 2.58. The summed E-state index contributed by atoms with van der Waals surface area (Å²) in [4.78, 5) is 11.6. The molecule has 0 radical (unpaired) electrons. The third-order valence-electron chi connectivity index (χ3n) is 2.58. The molecule has 0 unspecified atom stereocenters. The number of alkyl halides is 3. The summed E-state index contributed by atoms with van der Waals surface area (Å²) in [7, 11) is 0. The standard InChI is InChI=1S/C13H17F3N2O2/c1-9(8-17)18-12(19)7-6-10-4-2-3-5-11(10)20-13(14,15)16/h2-5,9H,6-8,17H2,1H3,(H,18,19)/t9-/m0/s1. The first kappa shape index (κ1) is 16.3. The van der Waals surface area contributed by atoms with Gasteiger partial charge in [-0.15, -0.1) is 13.2 Å². The van der Waals surface area contributed by atoms with Gasteiger partial charge < -0.3 is 15.8 Å².